The average molecular weight is 278 g/mol. The van der Waals surface area contributed by atoms with Crippen molar-refractivity contribution in [2.45, 2.75) is 52.1 Å². The van der Waals surface area contributed by atoms with E-state index in [0.29, 0.717) is 6.04 Å². The highest BCUT2D eigenvalue weighted by Crippen LogP contribution is 2.11. The molecular weight excluding hydrogens is 252 g/mol. The lowest BCUT2D eigenvalue weighted by atomic mass is 10.1. The zero-order valence-corrected chi connectivity index (χ0v) is 12.6. The number of anilines is 1. The molecule has 5 nitrogen and oxygen atoms in total. The third-order valence-electron chi connectivity index (χ3n) is 4.07. The van der Waals surface area contributed by atoms with Gasteiger partial charge in [0.2, 0.25) is 0 Å². The Morgan fingerprint density at radius 1 is 1.45 bits per heavy atom. The Bertz CT molecular complexity index is 461. The Morgan fingerprint density at radius 3 is 2.85 bits per heavy atom. The topological polar surface area (TPSA) is 50.2 Å². The van der Waals surface area contributed by atoms with Gasteiger partial charge in [0.1, 0.15) is 0 Å². The molecule has 0 amide bonds. The molecule has 0 aromatic carbocycles. The van der Waals surface area contributed by atoms with Gasteiger partial charge in [-0.2, -0.15) is 5.10 Å². The van der Waals surface area contributed by atoms with Gasteiger partial charge in [0, 0.05) is 31.7 Å². The molecular formula is C15H26N4O. The minimum atomic E-state index is 0.00813. The zero-order chi connectivity index (χ0) is 14.4. The third kappa shape index (κ3) is 3.82. The van der Waals surface area contributed by atoms with Crippen molar-refractivity contribution in [3.8, 4) is 0 Å². The number of hydrogen-bond donors (Lipinski definition) is 1. The number of aryl methyl sites for hydroxylation is 1. The van der Waals surface area contributed by atoms with Gasteiger partial charge in [0.05, 0.1) is 11.9 Å². The number of nitrogens with zero attached hydrogens (tertiary/aromatic N) is 3. The molecule has 0 saturated carbocycles. The Kier molecular flexibility index (Phi) is 5.59. The molecule has 1 aromatic rings. The van der Waals surface area contributed by atoms with Gasteiger partial charge in [-0.15, -0.1) is 0 Å². The second-order valence-corrected chi connectivity index (χ2v) is 5.38. The highest BCUT2D eigenvalue weighted by atomic mass is 16.1. The van der Waals surface area contributed by atoms with Gasteiger partial charge in [-0.3, -0.25) is 4.79 Å². The molecule has 1 saturated heterocycles. The first kappa shape index (κ1) is 15.0. The van der Waals surface area contributed by atoms with E-state index in [9.17, 15) is 4.79 Å². The lowest BCUT2D eigenvalue weighted by Crippen LogP contribution is -2.28. The molecule has 1 unspecified atom stereocenters. The maximum atomic E-state index is 12.1. The van der Waals surface area contributed by atoms with Gasteiger partial charge in [0.25, 0.3) is 5.56 Å². The fourth-order valence-electron chi connectivity index (χ4n) is 2.84. The van der Waals surface area contributed by atoms with Crippen LogP contribution < -0.4 is 15.8 Å². The first-order valence-corrected chi connectivity index (χ1v) is 7.80. The van der Waals surface area contributed by atoms with Crippen molar-refractivity contribution >= 4 is 5.69 Å². The molecule has 2 heterocycles. The molecule has 1 atom stereocenters. The summed E-state index contributed by atoms with van der Waals surface area (Å²) in [6.07, 6.45) is 6.49. The molecule has 1 N–H and O–H groups in total. The van der Waals surface area contributed by atoms with E-state index in [-0.39, 0.29) is 5.56 Å². The predicted octanol–water partition coefficient (Wildman–Crippen LogP) is 1.62. The van der Waals surface area contributed by atoms with Gasteiger partial charge in [-0.1, -0.05) is 0 Å². The van der Waals surface area contributed by atoms with Crippen LogP contribution >= 0.6 is 0 Å². The number of rotatable bonds is 7. The summed E-state index contributed by atoms with van der Waals surface area (Å²) >= 11 is 0. The summed E-state index contributed by atoms with van der Waals surface area (Å²) in [5.41, 5.74) is 0.933. The zero-order valence-electron chi connectivity index (χ0n) is 12.6. The van der Waals surface area contributed by atoms with Gasteiger partial charge in [-0.05, 0) is 46.1 Å². The first-order valence-electron chi connectivity index (χ1n) is 7.80. The van der Waals surface area contributed by atoms with Crippen molar-refractivity contribution in [3.05, 3.63) is 22.6 Å². The van der Waals surface area contributed by atoms with Crippen LogP contribution in [-0.4, -0.2) is 35.5 Å². The quantitative estimate of drug-likeness (QED) is 0.823. The van der Waals surface area contributed by atoms with E-state index in [4.69, 9.17) is 0 Å². The van der Waals surface area contributed by atoms with Crippen molar-refractivity contribution in [2.24, 2.45) is 0 Å². The van der Waals surface area contributed by atoms with E-state index < -0.39 is 0 Å². The number of hydrogen-bond acceptors (Lipinski definition) is 4. The maximum absolute atomic E-state index is 12.1. The van der Waals surface area contributed by atoms with Crippen LogP contribution in [0.25, 0.3) is 0 Å². The molecule has 1 aromatic heterocycles. The number of aromatic nitrogens is 2. The van der Waals surface area contributed by atoms with E-state index in [1.165, 1.54) is 12.8 Å². The SMILES string of the molecule is CCN(CC)c1cnn(CCCC2CCCN2)c(=O)c1. The van der Waals surface area contributed by atoms with Gasteiger partial charge >= 0.3 is 0 Å². The third-order valence-corrected chi connectivity index (χ3v) is 4.07. The normalized spacial score (nSPS) is 18.4. The summed E-state index contributed by atoms with van der Waals surface area (Å²) < 4.78 is 1.59. The molecule has 112 valence electrons. The van der Waals surface area contributed by atoms with Gasteiger partial charge in [-0.25, -0.2) is 4.68 Å². The lowest BCUT2D eigenvalue weighted by molar-refractivity contribution is 0.472. The maximum Gasteiger partial charge on any atom is 0.268 e. The summed E-state index contributed by atoms with van der Waals surface area (Å²) in [7, 11) is 0. The number of nitrogens with one attached hydrogen (secondary N) is 1. The first-order chi connectivity index (χ1) is 9.74. The summed E-state index contributed by atoms with van der Waals surface area (Å²) in [6.45, 7) is 7.83. The summed E-state index contributed by atoms with van der Waals surface area (Å²) in [6, 6.07) is 2.34. The standard InChI is InChI=1S/C15H26N4O/c1-3-18(4-2)14-11-15(20)19(17-12-14)10-6-8-13-7-5-9-16-13/h11-13,16H,3-10H2,1-2H3. The molecule has 0 bridgehead atoms. The van der Waals surface area contributed by atoms with Crippen molar-refractivity contribution < 1.29 is 0 Å². The van der Waals surface area contributed by atoms with E-state index in [0.717, 1.165) is 44.7 Å². The van der Waals surface area contributed by atoms with Crippen LogP contribution in [0.2, 0.25) is 0 Å². The molecule has 1 aliphatic heterocycles. The van der Waals surface area contributed by atoms with Crippen molar-refractivity contribution in [1.29, 1.82) is 0 Å². The molecule has 20 heavy (non-hydrogen) atoms. The summed E-state index contributed by atoms with van der Waals surface area (Å²) in [5.74, 6) is 0. The highest BCUT2D eigenvalue weighted by molar-refractivity contribution is 5.42. The molecule has 0 spiro atoms. The van der Waals surface area contributed by atoms with Crippen molar-refractivity contribution in [3.63, 3.8) is 0 Å². The molecule has 0 radical (unpaired) electrons. The van der Waals surface area contributed by atoms with Crippen LogP contribution in [0.4, 0.5) is 5.69 Å². The predicted molar refractivity (Wildman–Crippen MR) is 82.3 cm³/mol. The van der Waals surface area contributed by atoms with Crippen LogP contribution in [0.1, 0.15) is 39.5 Å². The average Bonchev–Trinajstić information content (AvgIpc) is 2.96. The Hall–Kier alpha value is -1.36. The minimum absolute atomic E-state index is 0.00813. The smallest absolute Gasteiger partial charge is 0.268 e. The second-order valence-electron chi connectivity index (χ2n) is 5.38. The van der Waals surface area contributed by atoms with Crippen LogP contribution in [0, 0.1) is 0 Å². The lowest BCUT2D eigenvalue weighted by Gasteiger charge is -2.20. The van der Waals surface area contributed by atoms with Crippen LogP contribution in [-0.2, 0) is 6.54 Å². The van der Waals surface area contributed by atoms with Crippen LogP contribution in [0.3, 0.4) is 0 Å². The van der Waals surface area contributed by atoms with E-state index in [2.05, 4.69) is 29.2 Å². The Labute approximate surface area is 121 Å². The largest absolute Gasteiger partial charge is 0.371 e. The van der Waals surface area contributed by atoms with Gasteiger partial charge in [0.15, 0.2) is 0 Å². The monoisotopic (exact) mass is 278 g/mol. The highest BCUT2D eigenvalue weighted by Gasteiger charge is 2.13. The summed E-state index contributed by atoms with van der Waals surface area (Å²) in [4.78, 5) is 14.2. The van der Waals surface area contributed by atoms with Gasteiger partial charge < -0.3 is 10.2 Å². The van der Waals surface area contributed by atoms with E-state index in [1.807, 2.05) is 6.20 Å². The fourth-order valence-corrected chi connectivity index (χ4v) is 2.84. The fraction of sp³-hybridized carbons (Fsp3) is 0.733. The molecule has 1 fully saturated rings. The van der Waals surface area contributed by atoms with Crippen LogP contribution in [0.15, 0.2) is 17.1 Å². The Balaban J connectivity index is 1.90. The minimum Gasteiger partial charge on any atom is -0.371 e. The van der Waals surface area contributed by atoms with E-state index in [1.54, 1.807) is 10.7 Å². The molecule has 0 aliphatic carbocycles. The van der Waals surface area contributed by atoms with Crippen molar-refractivity contribution in [1.82, 2.24) is 15.1 Å². The second kappa shape index (κ2) is 7.43. The summed E-state index contributed by atoms with van der Waals surface area (Å²) in [5, 5.41) is 7.78. The molecule has 2 rings (SSSR count). The van der Waals surface area contributed by atoms with Crippen LogP contribution in [0.5, 0.6) is 0 Å². The van der Waals surface area contributed by atoms with Crippen molar-refractivity contribution in [2.75, 3.05) is 24.5 Å². The molecule has 5 heteroatoms. The molecule has 1 aliphatic rings. The Morgan fingerprint density at radius 2 is 2.25 bits per heavy atom. The van der Waals surface area contributed by atoms with E-state index >= 15 is 0 Å².